The molecule has 2 N–H and O–H groups in total. The zero-order valence-corrected chi connectivity index (χ0v) is 14.7. The third-order valence-corrected chi connectivity index (χ3v) is 4.28. The van der Waals surface area contributed by atoms with Gasteiger partial charge in [-0.2, -0.15) is 0 Å². The monoisotopic (exact) mass is 354 g/mol. The van der Waals surface area contributed by atoms with Crippen LogP contribution in [0.25, 0.3) is 11.1 Å². The Kier molecular flexibility index (Phi) is 5.53. The quantitative estimate of drug-likeness (QED) is 0.782. The first-order valence-electron chi connectivity index (χ1n) is 8.64. The molecule has 1 aliphatic rings. The van der Waals surface area contributed by atoms with Crippen molar-refractivity contribution in [1.29, 1.82) is 0 Å². The van der Waals surface area contributed by atoms with Crippen LogP contribution in [0, 0.1) is 6.92 Å². The lowest BCUT2D eigenvalue weighted by atomic mass is 9.99. The number of ether oxygens (including phenoxy) is 1. The molecular weight excluding hydrogens is 332 g/mol. The van der Waals surface area contributed by atoms with Gasteiger partial charge in [0.25, 0.3) is 5.91 Å². The van der Waals surface area contributed by atoms with Gasteiger partial charge < -0.3 is 15.2 Å². The number of cyclic esters (lactones) is 1. The number of carbonyl (C=O) groups is 2. The van der Waals surface area contributed by atoms with E-state index in [0.29, 0.717) is 31.7 Å². The fourth-order valence-corrected chi connectivity index (χ4v) is 2.91. The molecule has 0 aliphatic carbocycles. The first-order chi connectivity index (χ1) is 12.6. The lowest BCUT2D eigenvalue weighted by molar-refractivity contribution is 0.0951. The third kappa shape index (κ3) is 3.86. The average Bonchev–Trinajstić information content (AvgIpc) is 3.08. The van der Waals surface area contributed by atoms with Crippen molar-refractivity contribution < 1.29 is 19.4 Å². The number of aliphatic hydroxyl groups is 1. The Bertz CT molecular complexity index is 802. The highest BCUT2D eigenvalue weighted by Crippen LogP contribution is 2.33. The molecule has 6 nitrogen and oxygen atoms in total. The van der Waals surface area contributed by atoms with Crippen LogP contribution >= 0.6 is 0 Å². The first kappa shape index (κ1) is 17.9. The van der Waals surface area contributed by atoms with Gasteiger partial charge in [0.2, 0.25) is 0 Å². The summed E-state index contributed by atoms with van der Waals surface area (Å²) in [6.07, 6.45) is 0.192. The van der Waals surface area contributed by atoms with Crippen LogP contribution in [0.2, 0.25) is 0 Å². The maximum Gasteiger partial charge on any atom is 0.414 e. The van der Waals surface area contributed by atoms with Crippen molar-refractivity contribution in [3.8, 4) is 11.1 Å². The number of nitrogens with one attached hydrogen (secondary N) is 1. The Labute approximate surface area is 152 Å². The normalized spacial score (nSPS) is 13.6. The van der Waals surface area contributed by atoms with Gasteiger partial charge in [-0.1, -0.05) is 23.8 Å². The molecule has 26 heavy (non-hydrogen) atoms. The van der Waals surface area contributed by atoms with Crippen molar-refractivity contribution >= 4 is 17.7 Å². The molecule has 0 bridgehead atoms. The summed E-state index contributed by atoms with van der Waals surface area (Å²) in [5, 5.41) is 11.5. The minimum atomic E-state index is -0.338. The second-order valence-corrected chi connectivity index (χ2v) is 6.20. The number of aryl methyl sites for hydroxylation is 1. The first-order valence-corrected chi connectivity index (χ1v) is 8.64. The van der Waals surface area contributed by atoms with E-state index in [1.165, 1.54) is 0 Å². The molecule has 3 rings (SSSR count). The van der Waals surface area contributed by atoms with Gasteiger partial charge in [-0.3, -0.25) is 9.69 Å². The minimum Gasteiger partial charge on any atom is -0.447 e. The molecule has 1 heterocycles. The molecule has 136 valence electrons. The van der Waals surface area contributed by atoms with Crippen LogP contribution < -0.4 is 10.2 Å². The summed E-state index contributed by atoms with van der Waals surface area (Å²) in [6, 6.07) is 13.2. The van der Waals surface area contributed by atoms with Gasteiger partial charge in [-0.15, -0.1) is 0 Å². The molecule has 2 amide bonds. The van der Waals surface area contributed by atoms with E-state index in [1.54, 1.807) is 17.0 Å². The van der Waals surface area contributed by atoms with Crippen molar-refractivity contribution in [2.45, 2.75) is 13.3 Å². The van der Waals surface area contributed by atoms with Crippen LogP contribution in [-0.2, 0) is 4.74 Å². The number of carbonyl (C=O) groups excluding carboxylic acids is 2. The lowest BCUT2D eigenvalue weighted by Gasteiger charge is -2.18. The Balaban J connectivity index is 1.86. The third-order valence-electron chi connectivity index (χ3n) is 4.28. The van der Waals surface area contributed by atoms with Crippen LogP contribution in [0.1, 0.15) is 22.3 Å². The number of aliphatic hydroxyl groups excluding tert-OH is 1. The largest absolute Gasteiger partial charge is 0.447 e. The van der Waals surface area contributed by atoms with E-state index in [2.05, 4.69) is 5.32 Å². The van der Waals surface area contributed by atoms with Crippen LogP contribution in [0.5, 0.6) is 0 Å². The summed E-state index contributed by atoms with van der Waals surface area (Å²) in [5.41, 5.74) is 4.30. The van der Waals surface area contributed by atoms with E-state index >= 15 is 0 Å². The maximum absolute atomic E-state index is 12.1. The summed E-state index contributed by atoms with van der Waals surface area (Å²) >= 11 is 0. The van der Waals surface area contributed by atoms with Gasteiger partial charge in [0.1, 0.15) is 6.61 Å². The molecule has 1 saturated heterocycles. The van der Waals surface area contributed by atoms with Crippen LogP contribution in [-0.4, -0.2) is 43.4 Å². The number of benzene rings is 2. The molecule has 0 radical (unpaired) electrons. The molecule has 6 heteroatoms. The summed E-state index contributed by atoms with van der Waals surface area (Å²) in [5.74, 6) is -0.169. The average molecular weight is 354 g/mol. The highest BCUT2D eigenvalue weighted by Gasteiger charge is 2.26. The van der Waals surface area contributed by atoms with E-state index < -0.39 is 0 Å². The molecule has 0 saturated carbocycles. The summed E-state index contributed by atoms with van der Waals surface area (Å²) < 4.78 is 5.05. The Morgan fingerprint density at radius 2 is 2.00 bits per heavy atom. The van der Waals surface area contributed by atoms with Crippen molar-refractivity contribution in [1.82, 2.24) is 5.32 Å². The van der Waals surface area contributed by atoms with E-state index in [4.69, 9.17) is 9.84 Å². The molecule has 2 aromatic carbocycles. The Morgan fingerprint density at radius 1 is 1.23 bits per heavy atom. The summed E-state index contributed by atoms with van der Waals surface area (Å²) in [7, 11) is 0. The van der Waals surface area contributed by atoms with Crippen molar-refractivity contribution in [2.75, 3.05) is 31.2 Å². The predicted molar refractivity (Wildman–Crippen MR) is 99.3 cm³/mol. The van der Waals surface area contributed by atoms with E-state index in [-0.39, 0.29) is 18.6 Å². The minimum absolute atomic E-state index is 0.0499. The van der Waals surface area contributed by atoms with Gasteiger partial charge in [0.05, 0.1) is 12.2 Å². The highest BCUT2D eigenvalue weighted by atomic mass is 16.6. The zero-order chi connectivity index (χ0) is 18.5. The van der Waals surface area contributed by atoms with Crippen molar-refractivity contribution in [3.05, 3.63) is 53.6 Å². The zero-order valence-electron chi connectivity index (χ0n) is 14.7. The standard InChI is InChI=1S/C20H22N2O4/c1-14-3-8-18(22-10-12-26-20(22)25)17(13-14)15-4-6-16(7-5-15)19(24)21-9-2-11-23/h3-8,13,23H,2,9-12H2,1H3,(H,21,24). The molecule has 0 atom stereocenters. The SMILES string of the molecule is Cc1ccc(N2CCOC2=O)c(-c2ccc(C(=O)NCCCO)cc2)c1. The number of hydrogen-bond donors (Lipinski definition) is 2. The van der Waals surface area contributed by atoms with E-state index in [0.717, 1.165) is 22.4 Å². The molecule has 1 aliphatic heterocycles. The number of rotatable bonds is 6. The van der Waals surface area contributed by atoms with Crippen LogP contribution in [0.4, 0.5) is 10.5 Å². The van der Waals surface area contributed by atoms with Crippen LogP contribution in [0.15, 0.2) is 42.5 Å². The van der Waals surface area contributed by atoms with Crippen molar-refractivity contribution in [2.24, 2.45) is 0 Å². The molecular formula is C20H22N2O4. The summed E-state index contributed by atoms with van der Waals surface area (Å²) in [4.78, 5) is 25.7. The van der Waals surface area contributed by atoms with Gasteiger partial charge in [-0.25, -0.2) is 4.79 Å². The summed E-state index contributed by atoms with van der Waals surface area (Å²) in [6.45, 7) is 3.41. The highest BCUT2D eigenvalue weighted by molar-refractivity contribution is 5.97. The second kappa shape index (κ2) is 8.01. The fourth-order valence-electron chi connectivity index (χ4n) is 2.91. The number of anilines is 1. The molecule has 0 unspecified atom stereocenters. The van der Waals surface area contributed by atoms with Crippen molar-refractivity contribution in [3.63, 3.8) is 0 Å². The molecule has 2 aromatic rings. The van der Waals surface area contributed by atoms with Gasteiger partial charge >= 0.3 is 6.09 Å². The number of amides is 2. The number of nitrogens with zero attached hydrogens (tertiary/aromatic N) is 1. The van der Waals surface area contributed by atoms with Gasteiger partial charge in [-0.05, 0) is 43.2 Å². The Hall–Kier alpha value is -2.86. The van der Waals surface area contributed by atoms with Crippen LogP contribution in [0.3, 0.4) is 0 Å². The van der Waals surface area contributed by atoms with E-state index in [1.807, 2.05) is 37.3 Å². The van der Waals surface area contributed by atoms with Gasteiger partial charge in [0.15, 0.2) is 0 Å². The second-order valence-electron chi connectivity index (χ2n) is 6.20. The molecule has 0 aromatic heterocycles. The fraction of sp³-hybridized carbons (Fsp3) is 0.300. The van der Waals surface area contributed by atoms with E-state index in [9.17, 15) is 9.59 Å². The smallest absolute Gasteiger partial charge is 0.414 e. The van der Waals surface area contributed by atoms with Gasteiger partial charge in [0, 0.05) is 24.3 Å². The molecule has 0 spiro atoms. The lowest BCUT2D eigenvalue weighted by Crippen LogP contribution is -2.25. The topological polar surface area (TPSA) is 78.9 Å². The number of hydrogen-bond acceptors (Lipinski definition) is 4. The predicted octanol–water partition coefficient (Wildman–Crippen LogP) is 2.73. The molecule has 1 fully saturated rings. The maximum atomic E-state index is 12.1. The Morgan fingerprint density at radius 3 is 2.65 bits per heavy atom.